The highest BCUT2D eigenvalue weighted by molar-refractivity contribution is 6.33. The Balaban J connectivity index is 2.35. The summed E-state index contributed by atoms with van der Waals surface area (Å²) < 4.78 is 0. The average Bonchev–Trinajstić information content (AvgIpc) is 2.31. The Morgan fingerprint density at radius 2 is 1.75 bits per heavy atom. The Bertz CT molecular complexity index is 497. The summed E-state index contributed by atoms with van der Waals surface area (Å²) in [5.41, 5.74) is 2.33. The summed E-state index contributed by atoms with van der Waals surface area (Å²) in [5, 5.41) is 3.39. The highest BCUT2D eigenvalue weighted by Gasteiger charge is 2.07. The number of halogens is 1. The van der Waals surface area contributed by atoms with Crippen LogP contribution in [0.25, 0.3) is 0 Å². The van der Waals surface area contributed by atoms with Gasteiger partial charge in [-0.2, -0.15) is 0 Å². The third-order valence-electron chi connectivity index (χ3n) is 2.40. The van der Waals surface area contributed by atoms with Crippen molar-refractivity contribution in [2.75, 3.05) is 0 Å². The molecule has 0 saturated heterocycles. The number of nitroso groups, excluding NO2 is 1. The molecule has 2 aromatic carbocycles. The maximum atomic E-state index is 10.7. The van der Waals surface area contributed by atoms with Crippen LogP contribution in [0.4, 0.5) is 5.69 Å². The van der Waals surface area contributed by atoms with Gasteiger partial charge in [-0.3, -0.25) is 0 Å². The zero-order valence-electron chi connectivity index (χ0n) is 8.56. The monoisotopic (exact) mass is 231 g/mol. The van der Waals surface area contributed by atoms with Crippen molar-refractivity contribution in [3.8, 4) is 0 Å². The molecule has 2 rings (SSSR count). The van der Waals surface area contributed by atoms with Gasteiger partial charge in [0.15, 0.2) is 0 Å². The van der Waals surface area contributed by atoms with E-state index in [1.807, 2.05) is 42.5 Å². The summed E-state index contributed by atoms with van der Waals surface area (Å²) in [6.45, 7) is 0. The first-order chi connectivity index (χ1) is 7.81. The van der Waals surface area contributed by atoms with E-state index in [1.54, 1.807) is 6.07 Å². The van der Waals surface area contributed by atoms with Crippen LogP contribution in [0.15, 0.2) is 53.7 Å². The summed E-state index contributed by atoms with van der Waals surface area (Å²) in [4.78, 5) is 10.7. The molecule has 0 aliphatic carbocycles. The van der Waals surface area contributed by atoms with Gasteiger partial charge in [-0.1, -0.05) is 54.1 Å². The number of benzene rings is 2. The predicted molar refractivity (Wildman–Crippen MR) is 66.2 cm³/mol. The average molecular weight is 232 g/mol. The fourth-order valence-electron chi connectivity index (χ4n) is 1.62. The van der Waals surface area contributed by atoms with Crippen molar-refractivity contribution in [1.29, 1.82) is 0 Å². The van der Waals surface area contributed by atoms with E-state index in [1.165, 1.54) is 0 Å². The molecule has 0 spiro atoms. The van der Waals surface area contributed by atoms with Gasteiger partial charge in [0.2, 0.25) is 0 Å². The maximum absolute atomic E-state index is 10.7. The molecule has 0 amide bonds. The van der Waals surface area contributed by atoms with Crippen LogP contribution in [0.5, 0.6) is 0 Å². The number of hydrogen-bond donors (Lipinski definition) is 0. The van der Waals surface area contributed by atoms with Crippen molar-refractivity contribution in [2.24, 2.45) is 5.18 Å². The topological polar surface area (TPSA) is 29.4 Å². The van der Waals surface area contributed by atoms with Crippen molar-refractivity contribution in [2.45, 2.75) is 6.42 Å². The van der Waals surface area contributed by atoms with Crippen molar-refractivity contribution in [3.63, 3.8) is 0 Å². The van der Waals surface area contributed by atoms with Crippen LogP contribution in [0.1, 0.15) is 11.1 Å². The minimum atomic E-state index is 0.341. The van der Waals surface area contributed by atoms with Gasteiger partial charge in [0.1, 0.15) is 5.69 Å². The van der Waals surface area contributed by atoms with Gasteiger partial charge < -0.3 is 0 Å². The molecule has 0 radical (unpaired) electrons. The molecule has 0 heterocycles. The first-order valence-electron chi connectivity index (χ1n) is 4.96. The van der Waals surface area contributed by atoms with Gasteiger partial charge in [-0.25, -0.2) is 0 Å². The first-order valence-corrected chi connectivity index (χ1v) is 5.33. The Morgan fingerprint density at radius 3 is 2.44 bits per heavy atom. The fraction of sp³-hybridized carbons (Fsp3) is 0.0769. The SMILES string of the molecule is O=Nc1c(Cl)cccc1Cc1ccccc1. The predicted octanol–water partition coefficient (Wildman–Crippen LogP) is 4.33. The Hall–Kier alpha value is -1.67. The molecule has 2 nitrogen and oxygen atoms in total. The van der Waals surface area contributed by atoms with E-state index in [0.29, 0.717) is 17.1 Å². The van der Waals surface area contributed by atoms with Crippen LogP contribution in [-0.2, 0) is 6.42 Å². The van der Waals surface area contributed by atoms with Crippen LogP contribution < -0.4 is 0 Å². The minimum Gasteiger partial charge on any atom is -0.145 e. The van der Waals surface area contributed by atoms with Crippen LogP contribution in [0, 0.1) is 4.91 Å². The molecule has 0 aromatic heterocycles. The number of nitrogens with zero attached hydrogens (tertiary/aromatic N) is 1. The van der Waals surface area contributed by atoms with E-state index in [9.17, 15) is 4.91 Å². The van der Waals surface area contributed by atoms with Crippen LogP contribution >= 0.6 is 11.6 Å². The third-order valence-corrected chi connectivity index (χ3v) is 2.70. The van der Waals surface area contributed by atoms with E-state index >= 15 is 0 Å². The normalized spacial score (nSPS) is 10.1. The molecule has 0 bridgehead atoms. The van der Waals surface area contributed by atoms with Crippen molar-refractivity contribution < 1.29 is 0 Å². The van der Waals surface area contributed by atoms with Gasteiger partial charge >= 0.3 is 0 Å². The zero-order chi connectivity index (χ0) is 11.4. The summed E-state index contributed by atoms with van der Waals surface area (Å²) >= 11 is 5.90. The van der Waals surface area contributed by atoms with E-state index in [4.69, 9.17) is 11.6 Å². The lowest BCUT2D eigenvalue weighted by molar-refractivity contribution is 1.18. The van der Waals surface area contributed by atoms with Crippen LogP contribution in [0.3, 0.4) is 0 Å². The summed E-state index contributed by atoms with van der Waals surface area (Å²) in [6.07, 6.45) is 0.669. The molecule has 0 fully saturated rings. The van der Waals surface area contributed by atoms with Crippen molar-refractivity contribution in [3.05, 3.63) is 69.6 Å². The largest absolute Gasteiger partial charge is 0.145 e. The lowest BCUT2D eigenvalue weighted by Crippen LogP contribution is -1.88. The Morgan fingerprint density at radius 1 is 1.00 bits per heavy atom. The van der Waals surface area contributed by atoms with Crippen LogP contribution in [-0.4, -0.2) is 0 Å². The van der Waals surface area contributed by atoms with E-state index < -0.39 is 0 Å². The number of rotatable bonds is 3. The second-order valence-corrected chi connectivity index (χ2v) is 3.91. The zero-order valence-corrected chi connectivity index (χ0v) is 9.32. The van der Waals surface area contributed by atoms with Gasteiger partial charge in [0.05, 0.1) is 5.02 Å². The van der Waals surface area contributed by atoms with Crippen molar-refractivity contribution in [1.82, 2.24) is 0 Å². The van der Waals surface area contributed by atoms with Crippen LogP contribution in [0.2, 0.25) is 5.02 Å². The van der Waals surface area contributed by atoms with Gasteiger partial charge in [0.25, 0.3) is 0 Å². The molecular weight excluding hydrogens is 222 g/mol. The van der Waals surface area contributed by atoms with E-state index in [2.05, 4.69) is 5.18 Å². The molecule has 80 valence electrons. The second kappa shape index (κ2) is 4.90. The quantitative estimate of drug-likeness (QED) is 0.723. The molecule has 0 N–H and O–H groups in total. The standard InChI is InChI=1S/C13H10ClNO/c14-12-8-4-7-11(13(12)15-16)9-10-5-2-1-3-6-10/h1-8H,9H2. The Labute approximate surface area is 98.9 Å². The molecular formula is C13H10ClNO. The molecule has 0 saturated carbocycles. The molecule has 0 aliphatic heterocycles. The van der Waals surface area contributed by atoms with E-state index in [0.717, 1.165) is 11.1 Å². The molecule has 0 atom stereocenters. The molecule has 2 aromatic rings. The molecule has 16 heavy (non-hydrogen) atoms. The maximum Gasteiger partial charge on any atom is 0.130 e. The molecule has 0 unspecified atom stereocenters. The lowest BCUT2D eigenvalue weighted by Gasteiger charge is -2.05. The molecule has 0 aliphatic rings. The lowest BCUT2D eigenvalue weighted by atomic mass is 10.0. The highest BCUT2D eigenvalue weighted by Crippen LogP contribution is 2.30. The van der Waals surface area contributed by atoms with Gasteiger partial charge in [0, 0.05) is 0 Å². The Kier molecular flexibility index (Phi) is 3.32. The van der Waals surface area contributed by atoms with E-state index in [-0.39, 0.29) is 0 Å². The van der Waals surface area contributed by atoms with Crippen molar-refractivity contribution >= 4 is 17.3 Å². The van der Waals surface area contributed by atoms with Gasteiger partial charge in [-0.15, -0.1) is 4.91 Å². The number of hydrogen-bond acceptors (Lipinski definition) is 2. The fourth-order valence-corrected chi connectivity index (χ4v) is 1.85. The molecule has 3 heteroatoms. The summed E-state index contributed by atoms with van der Waals surface area (Å²) in [6, 6.07) is 15.3. The first kappa shape index (κ1) is 10.8. The third kappa shape index (κ3) is 2.28. The highest BCUT2D eigenvalue weighted by atomic mass is 35.5. The minimum absolute atomic E-state index is 0.341. The summed E-state index contributed by atoms with van der Waals surface area (Å²) in [7, 11) is 0. The summed E-state index contributed by atoms with van der Waals surface area (Å²) in [5.74, 6) is 0. The second-order valence-electron chi connectivity index (χ2n) is 3.50. The van der Waals surface area contributed by atoms with Gasteiger partial charge in [-0.05, 0) is 28.8 Å². The smallest absolute Gasteiger partial charge is 0.130 e.